The fourth-order valence-electron chi connectivity index (χ4n) is 4.36. The molecule has 2 N–H and O–H groups in total. The number of rotatable bonds is 9. The molecule has 0 bridgehead atoms. The number of nitrogens with zero attached hydrogens (tertiary/aromatic N) is 1. The first kappa shape index (κ1) is 25.8. The summed E-state index contributed by atoms with van der Waals surface area (Å²) >= 11 is 0. The van der Waals surface area contributed by atoms with Crippen LogP contribution in [0.2, 0.25) is 0 Å². The maximum absolute atomic E-state index is 13.6. The zero-order chi connectivity index (χ0) is 21.7. The molecule has 2 atom stereocenters. The predicted octanol–water partition coefficient (Wildman–Crippen LogP) is 4.45. The summed E-state index contributed by atoms with van der Waals surface area (Å²) in [6.07, 6.45) is 4.86. The van der Waals surface area contributed by atoms with Gasteiger partial charge >= 0.3 is 0 Å². The van der Waals surface area contributed by atoms with Crippen LogP contribution in [0.15, 0.2) is 42.5 Å². The first-order valence-electron chi connectivity index (χ1n) is 10.9. The third-order valence-corrected chi connectivity index (χ3v) is 8.15. The minimum absolute atomic E-state index is 0. The van der Waals surface area contributed by atoms with Gasteiger partial charge in [0.05, 0.1) is 5.75 Å². The monoisotopic (exact) mass is 468 g/mol. The van der Waals surface area contributed by atoms with E-state index in [1.54, 1.807) is 19.2 Å². The lowest BCUT2D eigenvalue weighted by atomic mass is 9.76. The van der Waals surface area contributed by atoms with Gasteiger partial charge < -0.3 is 5.73 Å². The van der Waals surface area contributed by atoms with E-state index in [4.69, 9.17) is 5.73 Å². The molecule has 0 radical (unpaired) electrons. The highest BCUT2D eigenvalue weighted by molar-refractivity contribution is 7.89. The van der Waals surface area contributed by atoms with E-state index in [9.17, 15) is 12.8 Å². The molecular weight excluding hydrogens is 435 g/mol. The van der Waals surface area contributed by atoms with Crippen molar-refractivity contribution in [2.75, 3.05) is 19.3 Å². The largest absolute Gasteiger partial charge is 0.327 e. The van der Waals surface area contributed by atoms with Crippen molar-refractivity contribution in [1.82, 2.24) is 4.31 Å². The van der Waals surface area contributed by atoms with Crippen LogP contribution in [-0.4, -0.2) is 38.1 Å². The SMILES string of the molecule is CCCS(=O)(=O)N(C)CCCc1ccc2c(c1)C(Cc1cccc(F)c1)C(N)CC2.Cl. The van der Waals surface area contributed by atoms with Crippen molar-refractivity contribution >= 4 is 22.4 Å². The summed E-state index contributed by atoms with van der Waals surface area (Å²) in [4.78, 5) is 0. The average molecular weight is 469 g/mol. The second-order valence-electron chi connectivity index (χ2n) is 8.42. The van der Waals surface area contributed by atoms with E-state index in [0.717, 1.165) is 37.7 Å². The number of fused-ring (bicyclic) bond motifs is 1. The van der Waals surface area contributed by atoms with Gasteiger partial charge in [-0.3, -0.25) is 0 Å². The van der Waals surface area contributed by atoms with Crippen LogP contribution < -0.4 is 5.73 Å². The van der Waals surface area contributed by atoms with E-state index >= 15 is 0 Å². The summed E-state index contributed by atoms with van der Waals surface area (Å²) in [6.45, 7) is 2.40. The van der Waals surface area contributed by atoms with Gasteiger partial charge in [-0.1, -0.05) is 37.3 Å². The Hall–Kier alpha value is -1.47. The van der Waals surface area contributed by atoms with Gasteiger partial charge in [-0.05, 0) is 72.9 Å². The Morgan fingerprint density at radius 2 is 1.94 bits per heavy atom. The van der Waals surface area contributed by atoms with Crippen LogP contribution in [0.5, 0.6) is 0 Å². The smallest absolute Gasteiger partial charge is 0.213 e. The summed E-state index contributed by atoms with van der Waals surface area (Å²) in [6, 6.07) is 13.4. The van der Waals surface area contributed by atoms with Gasteiger partial charge in [0.2, 0.25) is 10.0 Å². The Morgan fingerprint density at radius 3 is 2.65 bits per heavy atom. The Balaban J connectivity index is 0.00000341. The molecule has 1 aliphatic rings. The summed E-state index contributed by atoms with van der Waals surface area (Å²) in [5, 5.41) is 0. The molecule has 0 heterocycles. The number of nitrogens with two attached hydrogens (primary N) is 1. The number of hydrogen-bond acceptors (Lipinski definition) is 3. The van der Waals surface area contributed by atoms with Gasteiger partial charge in [-0.15, -0.1) is 12.4 Å². The number of hydrogen-bond donors (Lipinski definition) is 1. The molecular formula is C24H34ClFN2O2S. The molecule has 2 aromatic rings. The second-order valence-corrected chi connectivity index (χ2v) is 10.6. The number of aryl methyl sites for hydroxylation is 2. The molecule has 0 saturated carbocycles. The van der Waals surface area contributed by atoms with E-state index in [2.05, 4.69) is 18.2 Å². The summed E-state index contributed by atoms with van der Waals surface area (Å²) in [7, 11) is -1.49. The van der Waals surface area contributed by atoms with Crippen molar-refractivity contribution < 1.29 is 12.8 Å². The standard InChI is InChI=1S/C24H33FN2O2S.ClH/c1-3-14-30(28,29)27(2)13-5-7-18-9-10-20-11-12-24(26)23(22(20)16-18)17-19-6-4-8-21(25)15-19;/h4,6,8-10,15-16,23-24H,3,5,7,11-14,17,26H2,1-2H3;1H. The molecule has 0 fully saturated rings. The van der Waals surface area contributed by atoms with Crippen molar-refractivity contribution in [1.29, 1.82) is 0 Å². The quantitative estimate of drug-likeness (QED) is 0.591. The van der Waals surface area contributed by atoms with E-state index in [1.165, 1.54) is 27.1 Å². The van der Waals surface area contributed by atoms with Crippen molar-refractivity contribution in [2.24, 2.45) is 5.73 Å². The highest BCUT2D eigenvalue weighted by Gasteiger charge is 2.27. The lowest BCUT2D eigenvalue weighted by Crippen LogP contribution is -2.34. The maximum Gasteiger partial charge on any atom is 0.213 e. The highest BCUT2D eigenvalue weighted by atomic mass is 35.5. The molecule has 2 aromatic carbocycles. The van der Waals surface area contributed by atoms with Crippen LogP contribution in [0.1, 0.15) is 54.4 Å². The Labute approximate surface area is 192 Å². The molecule has 2 unspecified atom stereocenters. The second kappa shape index (κ2) is 11.4. The Kier molecular flexibility index (Phi) is 9.49. The van der Waals surface area contributed by atoms with Crippen molar-refractivity contribution in [3.05, 3.63) is 70.5 Å². The van der Waals surface area contributed by atoms with Gasteiger partial charge in [-0.2, -0.15) is 0 Å². The lowest BCUT2D eigenvalue weighted by molar-refractivity contribution is 0.459. The lowest BCUT2D eigenvalue weighted by Gasteiger charge is -2.32. The maximum atomic E-state index is 13.6. The molecule has 0 spiro atoms. The molecule has 0 saturated heterocycles. The molecule has 0 amide bonds. The average Bonchev–Trinajstić information content (AvgIpc) is 2.70. The predicted molar refractivity (Wildman–Crippen MR) is 128 cm³/mol. The first-order chi connectivity index (χ1) is 14.3. The Bertz CT molecular complexity index is 968. The molecule has 7 heteroatoms. The Morgan fingerprint density at radius 1 is 1.16 bits per heavy atom. The molecule has 4 nitrogen and oxygen atoms in total. The van der Waals surface area contributed by atoms with Crippen molar-refractivity contribution in [3.63, 3.8) is 0 Å². The van der Waals surface area contributed by atoms with Gasteiger partial charge in [0, 0.05) is 25.6 Å². The number of sulfonamides is 1. The highest BCUT2D eigenvalue weighted by Crippen LogP contribution is 2.34. The molecule has 1 aliphatic carbocycles. The van der Waals surface area contributed by atoms with Gasteiger partial charge in [0.1, 0.15) is 5.82 Å². The van der Waals surface area contributed by atoms with E-state index in [-0.39, 0.29) is 35.9 Å². The van der Waals surface area contributed by atoms with Crippen LogP contribution in [0.3, 0.4) is 0 Å². The third kappa shape index (κ3) is 6.75. The zero-order valence-electron chi connectivity index (χ0n) is 18.4. The topological polar surface area (TPSA) is 63.4 Å². The van der Waals surface area contributed by atoms with Crippen LogP contribution >= 0.6 is 12.4 Å². The summed E-state index contributed by atoms with van der Waals surface area (Å²) in [5.74, 6) is 0.151. The minimum atomic E-state index is -3.15. The number of halogens is 2. The van der Waals surface area contributed by atoms with Crippen molar-refractivity contribution in [3.8, 4) is 0 Å². The van der Waals surface area contributed by atoms with E-state index in [1.807, 2.05) is 13.0 Å². The molecule has 3 rings (SSSR count). The minimum Gasteiger partial charge on any atom is -0.327 e. The molecule has 0 aliphatic heterocycles. The normalized spacial score (nSPS) is 18.5. The molecule has 172 valence electrons. The number of benzene rings is 2. The van der Waals surface area contributed by atoms with Gasteiger partial charge in [0.15, 0.2) is 0 Å². The summed E-state index contributed by atoms with van der Waals surface area (Å²) < 4.78 is 39.4. The van der Waals surface area contributed by atoms with Gasteiger partial charge in [0.25, 0.3) is 0 Å². The first-order valence-corrected chi connectivity index (χ1v) is 12.5. The fourth-order valence-corrected chi connectivity index (χ4v) is 5.60. The van der Waals surface area contributed by atoms with Crippen LogP contribution in [0.4, 0.5) is 4.39 Å². The molecule has 31 heavy (non-hydrogen) atoms. The summed E-state index contributed by atoms with van der Waals surface area (Å²) in [5.41, 5.74) is 11.2. The fraction of sp³-hybridized carbons (Fsp3) is 0.500. The van der Waals surface area contributed by atoms with Gasteiger partial charge in [-0.25, -0.2) is 17.1 Å². The van der Waals surface area contributed by atoms with E-state index in [0.29, 0.717) is 13.0 Å². The van der Waals surface area contributed by atoms with Crippen LogP contribution in [0, 0.1) is 5.82 Å². The molecule has 0 aromatic heterocycles. The van der Waals surface area contributed by atoms with Crippen LogP contribution in [-0.2, 0) is 29.3 Å². The van der Waals surface area contributed by atoms with Crippen molar-refractivity contribution in [2.45, 2.75) is 57.4 Å². The zero-order valence-corrected chi connectivity index (χ0v) is 20.0. The third-order valence-electron chi connectivity index (χ3n) is 6.09. The van der Waals surface area contributed by atoms with E-state index < -0.39 is 10.0 Å². The van der Waals surface area contributed by atoms with Crippen LogP contribution in [0.25, 0.3) is 0 Å².